The molecule has 1 aliphatic heterocycles. The van der Waals surface area contributed by atoms with Gasteiger partial charge in [0.15, 0.2) is 6.79 Å². The highest BCUT2D eigenvalue weighted by atomic mass is 16.7. The maximum atomic E-state index is 12.4. The van der Waals surface area contributed by atoms with Crippen molar-refractivity contribution in [2.45, 2.75) is 0 Å². The van der Waals surface area contributed by atoms with Crippen LogP contribution in [0.1, 0.15) is 10.5 Å². The van der Waals surface area contributed by atoms with Crippen LogP contribution >= 0.6 is 0 Å². The van der Waals surface area contributed by atoms with Crippen molar-refractivity contribution in [1.29, 1.82) is 0 Å². The SMILES string of the molecule is COCOc1ccc(NC(=O)c2cc(N3CCOCC3)ncn2)cc1. The highest BCUT2D eigenvalue weighted by Crippen LogP contribution is 2.17. The molecule has 2 heterocycles. The van der Waals surface area contributed by atoms with Crippen molar-refractivity contribution < 1.29 is 19.0 Å². The Morgan fingerprint density at radius 1 is 1.24 bits per heavy atom. The van der Waals surface area contributed by atoms with E-state index < -0.39 is 0 Å². The Morgan fingerprint density at radius 3 is 2.72 bits per heavy atom. The molecular weight excluding hydrogens is 324 g/mol. The number of ether oxygens (including phenoxy) is 3. The van der Waals surface area contributed by atoms with Crippen molar-refractivity contribution >= 4 is 17.4 Å². The summed E-state index contributed by atoms with van der Waals surface area (Å²) in [5, 5.41) is 2.81. The van der Waals surface area contributed by atoms with E-state index in [1.807, 2.05) is 0 Å². The summed E-state index contributed by atoms with van der Waals surface area (Å²) in [6, 6.07) is 8.72. The molecule has 3 rings (SSSR count). The van der Waals surface area contributed by atoms with Crippen molar-refractivity contribution in [3.63, 3.8) is 0 Å². The average Bonchev–Trinajstić information content (AvgIpc) is 2.68. The van der Waals surface area contributed by atoms with E-state index in [-0.39, 0.29) is 12.7 Å². The van der Waals surface area contributed by atoms with Gasteiger partial charge in [0.2, 0.25) is 0 Å². The predicted molar refractivity (Wildman–Crippen MR) is 92.0 cm³/mol. The number of nitrogens with one attached hydrogen (secondary N) is 1. The summed E-state index contributed by atoms with van der Waals surface area (Å²) in [5.74, 6) is 1.10. The quantitative estimate of drug-likeness (QED) is 0.796. The zero-order chi connectivity index (χ0) is 17.5. The highest BCUT2D eigenvalue weighted by Gasteiger charge is 2.15. The predicted octanol–water partition coefficient (Wildman–Crippen LogP) is 1.55. The van der Waals surface area contributed by atoms with Gasteiger partial charge in [0.1, 0.15) is 23.6 Å². The minimum absolute atomic E-state index is 0.178. The first kappa shape index (κ1) is 17.1. The molecule has 8 nitrogen and oxygen atoms in total. The van der Waals surface area contributed by atoms with Crippen LogP contribution in [0.4, 0.5) is 11.5 Å². The molecule has 0 unspecified atom stereocenters. The number of amides is 1. The number of rotatable bonds is 6. The topological polar surface area (TPSA) is 85.8 Å². The maximum Gasteiger partial charge on any atom is 0.274 e. The first-order valence-electron chi connectivity index (χ1n) is 7.94. The molecule has 0 bridgehead atoms. The van der Waals surface area contributed by atoms with E-state index in [1.165, 1.54) is 6.33 Å². The summed E-state index contributed by atoms with van der Waals surface area (Å²) in [6.45, 7) is 2.99. The molecule has 1 fully saturated rings. The molecule has 0 aliphatic carbocycles. The van der Waals surface area contributed by atoms with Crippen LogP contribution in [0, 0.1) is 0 Å². The standard InChI is InChI=1S/C17H20N4O4/c1-23-12-25-14-4-2-13(3-5-14)20-17(22)15-10-16(19-11-18-15)21-6-8-24-9-7-21/h2-5,10-11H,6-9,12H2,1H3,(H,20,22). The van der Waals surface area contributed by atoms with E-state index in [0.717, 1.165) is 18.9 Å². The normalized spacial score (nSPS) is 14.2. The highest BCUT2D eigenvalue weighted by molar-refractivity contribution is 6.03. The lowest BCUT2D eigenvalue weighted by atomic mass is 10.2. The fourth-order valence-corrected chi connectivity index (χ4v) is 2.39. The molecule has 0 spiro atoms. The molecule has 1 N–H and O–H groups in total. The largest absolute Gasteiger partial charge is 0.468 e. The Morgan fingerprint density at radius 2 is 2.00 bits per heavy atom. The van der Waals surface area contributed by atoms with E-state index in [0.29, 0.717) is 30.3 Å². The zero-order valence-electron chi connectivity index (χ0n) is 14.0. The van der Waals surface area contributed by atoms with Crippen molar-refractivity contribution in [2.75, 3.05) is 50.4 Å². The van der Waals surface area contributed by atoms with Gasteiger partial charge in [-0.1, -0.05) is 0 Å². The van der Waals surface area contributed by atoms with Crippen LogP contribution in [0.25, 0.3) is 0 Å². The average molecular weight is 344 g/mol. The summed E-state index contributed by atoms with van der Waals surface area (Å²) in [5.41, 5.74) is 0.970. The second-order valence-corrected chi connectivity index (χ2v) is 5.39. The number of aromatic nitrogens is 2. The summed E-state index contributed by atoms with van der Waals surface area (Å²) in [4.78, 5) is 22.8. The first-order chi connectivity index (χ1) is 12.3. The lowest BCUT2D eigenvalue weighted by Gasteiger charge is -2.27. The minimum atomic E-state index is -0.289. The van der Waals surface area contributed by atoms with Gasteiger partial charge >= 0.3 is 0 Å². The van der Waals surface area contributed by atoms with Gasteiger partial charge in [0.05, 0.1) is 13.2 Å². The number of hydrogen-bond acceptors (Lipinski definition) is 7. The molecule has 2 aromatic rings. The van der Waals surface area contributed by atoms with E-state index in [9.17, 15) is 4.79 Å². The molecule has 1 amide bonds. The third-order valence-electron chi connectivity index (χ3n) is 3.68. The summed E-state index contributed by atoms with van der Waals surface area (Å²) >= 11 is 0. The Bertz CT molecular complexity index is 702. The van der Waals surface area contributed by atoms with Crippen LogP contribution in [0.5, 0.6) is 5.75 Å². The van der Waals surface area contributed by atoms with Crippen LogP contribution in [-0.2, 0) is 9.47 Å². The number of hydrogen-bond donors (Lipinski definition) is 1. The van der Waals surface area contributed by atoms with Gasteiger partial charge in [-0.2, -0.15) is 0 Å². The Hall–Kier alpha value is -2.71. The monoisotopic (exact) mass is 344 g/mol. The fraction of sp³-hybridized carbons (Fsp3) is 0.353. The van der Waals surface area contributed by atoms with E-state index in [1.54, 1.807) is 37.4 Å². The van der Waals surface area contributed by atoms with Crippen LogP contribution in [-0.4, -0.2) is 56.1 Å². The van der Waals surface area contributed by atoms with Gasteiger partial charge in [-0.15, -0.1) is 0 Å². The molecule has 1 aliphatic rings. The molecule has 0 atom stereocenters. The van der Waals surface area contributed by atoms with Gasteiger partial charge in [0.25, 0.3) is 5.91 Å². The van der Waals surface area contributed by atoms with Crippen LogP contribution < -0.4 is 15.0 Å². The molecule has 0 radical (unpaired) electrons. The molecule has 1 aromatic heterocycles. The summed E-state index contributed by atoms with van der Waals surface area (Å²) in [6.07, 6.45) is 1.40. The maximum absolute atomic E-state index is 12.4. The van der Waals surface area contributed by atoms with Gasteiger partial charge in [0, 0.05) is 32.0 Å². The molecule has 132 valence electrons. The molecule has 8 heteroatoms. The smallest absolute Gasteiger partial charge is 0.274 e. The second-order valence-electron chi connectivity index (χ2n) is 5.39. The fourth-order valence-electron chi connectivity index (χ4n) is 2.39. The first-order valence-corrected chi connectivity index (χ1v) is 7.94. The molecule has 25 heavy (non-hydrogen) atoms. The summed E-state index contributed by atoms with van der Waals surface area (Å²) < 4.78 is 15.5. The van der Waals surface area contributed by atoms with E-state index >= 15 is 0 Å². The second kappa shape index (κ2) is 8.41. The number of nitrogens with zero attached hydrogens (tertiary/aromatic N) is 3. The Balaban J connectivity index is 1.64. The lowest BCUT2D eigenvalue weighted by molar-refractivity contribution is 0.0511. The number of morpholine rings is 1. The van der Waals surface area contributed by atoms with Gasteiger partial charge in [-0.25, -0.2) is 9.97 Å². The van der Waals surface area contributed by atoms with Crippen molar-refractivity contribution in [3.05, 3.63) is 42.4 Å². The van der Waals surface area contributed by atoms with Crippen molar-refractivity contribution in [2.24, 2.45) is 0 Å². The Labute approximate surface area is 145 Å². The number of carbonyl (C=O) groups excluding carboxylic acids is 1. The third kappa shape index (κ3) is 4.65. The van der Waals surface area contributed by atoms with Crippen LogP contribution in [0.15, 0.2) is 36.7 Å². The van der Waals surface area contributed by atoms with Gasteiger partial charge in [-0.3, -0.25) is 4.79 Å². The van der Waals surface area contributed by atoms with Crippen molar-refractivity contribution in [3.8, 4) is 5.75 Å². The van der Waals surface area contributed by atoms with E-state index in [2.05, 4.69) is 20.2 Å². The molecule has 0 saturated carbocycles. The number of carbonyl (C=O) groups is 1. The zero-order valence-corrected chi connectivity index (χ0v) is 14.0. The minimum Gasteiger partial charge on any atom is -0.468 e. The van der Waals surface area contributed by atoms with Crippen LogP contribution in [0.2, 0.25) is 0 Å². The lowest BCUT2D eigenvalue weighted by Crippen LogP contribution is -2.37. The molecular formula is C17H20N4O4. The number of methoxy groups -OCH3 is 1. The summed E-state index contributed by atoms with van der Waals surface area (Å²) in [7, 11) is 1.56. The van der Waals surface area contributed by atoms with Crippen molar-refractivity contribution in [1.82, 2.24) is 9.97 Å². The molecule has 1 aromatic carbocycles. The molecule has 1 saturated heterocycles. The van der Waals surface area contributed by atoms with Gasteiger partial charge in [-0.05, 0) is 24.3 Å². The number of anilines is 2. The van der Waals surface area contributed by atoms with Crippen LogP contribution in [0.3, 0.4) is 0 Å². The third-order valence-corrected chi connectivity index (χ3v) is 3.68. The van der Waals surface area contributed by atoms with E-state index in [4.69, 9.17) is 14.2 Å². The Kier molecular flexibility index (Phi) is 5.76. The van der Waals surface area contributed by atoms with Gasteiger partial charge < -0.3 is 24.4 Å². The number of benzene rings is 1.